The normalized spacial score (nSPS) is 10.3. The second-order valence-electron chi connectivity index (χ2n) is 4.01. The Hall–Kier alpha value is -2.08. The van der Waals surface area contributed by atoms with Crippen LogP contribution < -0.4 is 5.32 Å². The fourth-order valence-electron chi connectivity index (χ4n) is 1.62. The minimum Gasteiger partial charge on any atom is -0.350 e. The molecule has 0 aliphatic carbocycles. The van der Waals surface area contributed by atoms with Gasteiger partial charge in [-0.25, -0.2) is 13.8 Å². The van der Waals surface area contributed by atoms with Crippen LogP contribution in [0.25, 0.3) is 0 Å². The molecule has 2 aromatic rings. The van der Waals surface area contributed by atoms with Crippen LogP contribution in [0, 0.1) is 11.6 Å². The number of hydrogen-bond donors (Lipinski definition) is 1. The maximum absolute atomic E-state index is 13.0. The number of carbonyl (C=O) groups is 1. The van der Waals surface area contributed by atoms with Gasteiger partial charge in [-0.2, -0.15) is 0 Å². The standard InChI is InChI=1S/C13H10ClF2N3O/c14-12-7-17-6-11(19-12)13(20)18-2-1-8-3-9(15)5-10(16)4-8/h3-7H,1-2H2,(H,18,20). The molecule has 0 spiro atoms. The zero-order valence-electron chi connectivity index (χ0n) is 10.2. The number of rotatable bonds is 4. The van der Waals surface area contributed by atoms with Gasteiger partial charge in [0.2, 0.25) is 0 Å². The van der Waals surface area contributed by atoms with E-state index in [0.29, 0.717) is 12.0 Å². The summed E-state index contributed by atoms with van der Waals surface area (Å²) in [4.78, 5) is 19.2. The lowest BCUT2D eigenvalue weighted by atomic mass is 10.1. The molecule has 0 aliphatic rings. The molecule has 0 saturated heterocycles. The van der Waals surface area contributed by atoms with Crippen LogP contribution in [0.2, 0.25) is 5.15 Å². The summed E-state index contributed by atoms with van der Waals surface area (Å²) in [5.74, 6) is -1.74. The molecule has 1 aromatic carbocycles. The van der Waals surface area contributed by atoms with Gasteiger partial charge in [0.1, 0.15) is 22.5 Å². The number of hydrogen-bond acceptors (Lipinski definition) is 3. The van der Waals surface area contributed by atoms with Gasteiger partial charge in [0.15, 0.2) is 0 Å². The molecule has 0 atom stereocenters. The number of nitrogens with one attached hydrogen (secondary N) is 1. The molecule has 1 N–H and O–H groups in total. The van der Waals surface area contributed by atoms with Crippen molar-refractivity contribution in [2.75, 3.05) is 6.54 Å². The van der Waals surface area contributed by atoms with Crippen molar-refractivity contribution < 1.29 is 13.6 Å². The van der Waals surface area contributed by atoms with E-state index in [1.165, 1.54) is 24.5 Å². The Morgan fingerprint density at radius 3 is 2.55 bits per heavy atom. The summed E-state index contributed by atoms with van der Waals surface area (Å²) < 4.78 is 25.9. The Labute approximate surface area is 118 Å². The van der Waals surface area contributed by atoms with Gasteiger partial charge in [-0.15, -0.1) is 0 Å². The average Bonchev–Trinajstić information content (AvgIpc) is 2.37. The van der Waals surface area contributed by atoms with Crippen molar-refractivity contribution in [1.29, 1.82) is 0 Å². The monoisotopic (exact) mass is 297 g/mol. The Kier molecular flexibility index (Phi) is 4.57. The third-order valence-electron chi connectivity index (χ3n) is 2.46. The molecule has 1 aromatic heterocycles. The Balaban J connectivity index is 1.91. The highest BCUT2D eigenvalue weighted by Gasteiger charge is 2.08. The molecule has 0 bridgehead atoms. The van der Waals surface area contributed by atoms with Gasteiger partial charge in [-0.3, -0.25) is 9.78 Å². The van der Waals surface area contributed by atoms with Crippen molar-refractivity contribution >= 4 is 17.5 Å². The number of nitrogens with zero attached hydrogens (tertiary/aromatic N) is 2. The SMILES string of the molecule is O=C(NCCc1cc(F)cc(F)c1)c1cncc(Cl)n1. The second-order valence-corrected chi connectivity index (χ2v) is 4.40. The molecule has 0 fully saturated rings. The highest BCUT2D eigenvalue weighted by Crippen LogP contribution is 2.08. The first-order chi connectivity index (χ1) is 9.54. The van der Waals surface area contributed by atoms with Gasteiger partial charge in [-0.1, -0.05) is 11.6 Å². The Morgan fingerprint density at radius 1 is 1.20 bits per heavy atom. The first-order valence-corrected chi connectivity index (χ1v) is 6.13. The molecule has 104 valence electrons. The largest absolute Gasteiger partial charge is 0.350 e. The van der Waals surface area contributed by atoms with E-state index >= 15 is 0 Å². The lowest BCUT2D eigenvalue weighted by Gasteiger charge is -2.05. The zero-order chi connectivity index (χ0) is 14.5. The van der Waals surface area contributed by atoms with Crippen LogP contribution in [0.15, 0.2) is 30.6 Å². The van der Waals surface area contributed by atoms with E-state index in [-0.39, 0.29) is 17.4 Å². The van der Waals surface area contributed by atoms with Gasteiger partial charge in [0.05, 0.1) is 12.4 Å². The van der Waals surface area contributed by atoms with Crippen molar-refractivity contribution in [1.82, 2.24) is 15.3 Å². The number of carbonyl (C=O) groups excluding carboxylic acids is 1. The highest BCUT2D eigenvalue weighted by atomic mass is 35.5. The summed E-state index contributed by atoms with van der Waals surface area (Å²) in [6.45, 7) is 0.218. The fourth-order valence-corrected chi connectivity index (χ4v) is 1.77. The van der Waals surface area contributed by atoms with Crippen LogP contribution in [-0.4, -0.2) is 22.4 Å². The maximum atomic E-state index is 13.0. The molecule has 20 heavy (non-hydrogen) atoms. The molecule has 2 rings (SSSR count). The first kappa shape index (κ1) is 14.3. The molecular formula is C13H10ClF2N3O. The number of benzene rings is 1. The van der Waals surface area contributed by atoms with E-state index in [1.807, 2.05) is 0 Å². The number of amides is 1. The third-order valence-corrected chi connectivity index (χ3v) is 2.64. The van der Waals surface area contributed by atoms with E-state index in [2.05, 4.69) is 15.3 Å². The van der Waals surface area contributed by atoms with Gasteiger partial charge in [0, 0.05) is 12.6 Å². The summed E-state index contributed by atoms with van der Waals surface area (Å²) in [5, 5.41) is 2.68. The van der Waals surface area contributed by atoms with Crippen LogP contribution in [-0.2, 0) is 6.42 Å². The molecule has 0 aliphatic heterocycles. The molecule has 4 nitrogen and oxygen atoms in total. The van der Waals surface area contributed by atoms with E-state index in [1.54, 1.807) is 0 Å². The Bertz CT molecular complexity index is 617. The lowest BCUT2D eigenvalue weighted by molar-refractivity contribution is 0.0949. The Morgan fingerprint density at radius 2 is 1.90 bits per heavy atom. The van der Waals surface area contributed by atoms with Gasteiger partial charge in [0.25, 0.3) is 5.91 Å². The molecule has 7 heteroatoms. The summed E-state index contributed by atoms with van der Waals surface area (Å²) in [7, 11) is 0. The molecule has 0 saturated carbocycles. The van der Waals surface area contributed by atoms with Crippen LogP contribution in [0.3, 0.4) is 0 Å². The molecule has 0 radical (unpaired) electrons. The maximum Gasteiger partial charge on any atom is 0.271 e. The van der Waals surface area contributed by atoms with Gasteiger partial charge >= 0.3 is 0 Å². The fraction of sp³-hybridized carbons (Fsp3) is 0.154. The van der Waals surface area contributed by atoms with Crippen molar-refractivity contribution in [3.8, 4) is 0 Å². The smallest absolute Gasteiger partial charge is 0.271 e. The van der Waals surface area contributed by atoms with Gasteiger partial charge in [-0.05, 0) is 24.1 Å². The molecule has 0 unspecified atom stereocenters. The third kappa shape index (κ3) is 3.96. The topological polar surface area (TPSA) is 54.9 Å². The number of halogens is 3. The zero-order valence-corrected chi connectivity index (χ0v) is 11.0. The molecule has 1 heterocycles. The first-order valence-electron chi connectivity index (χ1n) is 5.75. The second kappa shape index (κ2) is 6.38. The lowest BCUT2D eigenvalue weighted by Crippen LogP contribution is -2.26. The van der Waals surface area contributed by atoms with E-state index in [9.17, 15) is 13.6 Å². The van der Waals surface area contributed by atoms with Crippen molar-refractivity contribution in [3.63, 3.8) is 0 Å². The summed E-state index contributed by atoms with van der Waals surface area (Å²) in [6.07, 6.45) is 2.89. The van der Waals surface area contributed by atoms with Crippen molar-refractivity contribution in [2.45, 2.75) is 6.42 Å². The van der Waals surface area contributed by atoms with Crippen LogP contribution in [0.5, 0.6) is 0 Å². The molecular weight excluding hydrogens is 288 g/mol. The summed E-state index contributed by atoms with van der Waals surface area (Å²) in [5.41, 5.74) is 0.544. The minimum absolute atomic E-state index is 0.0860. The van der Waals surface area contributed by atoms with Crippen LogP contribution in [0.1, 0.15) is 16.1 Å². The van der Waals surface area contributed by atoms with E-state index < -0.39 is 17.5 Å². The van der Waals surface area contributed by atoms with E-state index in [0.717, 1.165) is 6.07 Å². The van der Waals surface area contributed by atoms with Crippen LogP contribution >= 0.6 is 11.6 Å². The number of aromatic nitrogens is 2. The predicted octanol–water partition coefficient (Wildman–Crippen LogP) is 2.38. The summed E-state index contributed by atoms with van der Waals surface area (Å²) in [6, 6.07) is 3.23. The average molecular weight is 298 g/mol. The van der Waals surface area contributed by atoms with E-state index in [4.69, 9.17) is 11.6 Å². The predicted molar refractivity (Wildman–Crippen MR) is 69.4 cm³/mol. The van der Waals surface area contributed by atoms with Crippen LogP contribution in [0.4, 0.5) is 8.78 Å². The quantitative estimate of drug-likeness (QED) is 0.942. The molecule has 1 amide bonds. The minimum atomic E-state index is -0.646. The van der Waals surface area contributed by atoms with Crippen molar-refractivity contribution in [3.05, 3.63) is 58.6 Å². The van der Waals surface area contributed by atoms with Gasteiger partial charge < -0.3 is 5.32 Å². The van der Waals surface area contributed by atoms with Crippen molar-refractivity contribution in [2.24, 2.45) is 0 Å². The highest BCUT2D eigenvalue weighted by molar-refractivity contribution is 6.29. The summed E-state index contributed by atoms with van der Waals surface area (Å²) >= 11 is 5.62.